The third-order valence-electron chi connectivity index (χ3n) is 3.26. The van der Waals surface area contributed by atoms with Crippen LogP contribution in [0.25, 0.3) is 0 Å². The van der Waals surface area contributed by atoms with Gasteiger partial charge in [0.2, 0.25) is 0 Å². The summed E-state index contributed by atoms with van der Waals surface area (Å²) in [6.45, 7) is 2.95. The van der Waals surface area contributed by atoms with Crippen molar-refractivity contribution < 1.29 is 9.53 Å². The first-order valence-electron chi connectivity index (χ1n) is 5.61. The van der Waals surface area contributed by atoms with Crippen LogP contribution in [0.1, 0.15) is 45.4 Å². The first kappa shape index (κ1) is 9.91. The monoisotopic (exact) mass is 194 g/mol. The Bertz CT molecular complexity index is 261. The highest BCUT2D eigenvalue weighted by atomic mass is 16.6. The lowest BCUT2D eigenvalue weighted by molar-refractivity contribution is -0.114. The molecular weight excluding hydrogens is 176 g/mol. The molecule has 78 valence electrons. The van der Waals surface area contributed by atoms with Crippen LogP contribution in [-0.4, -0.2) is 18.5 Å². The molecule has 0 aromatic carbocycles. The normalized spacial score (nSPS) is 26.1. The highest BCUT2D eigenvalue weighted by Crippen LogP contribution is 2.27. The van der Waals surface area contributed by atoms with E-state index in [1.54, 1.807) is 0 Å². The van der Waals surface area contributed by atoms with E-state index >= 15 is 0 Å². The molecule has 1 fully saturated rings. The number of allylic oxidation sites excluding steroid dienone is 2. The van der Waals surface area contributed by atoms with E-state index in [0.717, 1.165) is 31.4 Å². The molecule has 1 aliphatic heterocycles. The number of hydrogen-bond donors (Lipinski definition) is 0. The molecule has 1 unspecified atom stereocenters. The van der Waals surface area contributed by atoms with Gasteiger partial charge in [-0.1, -0.05) is 12.0 Å². The minimum atomic E-state index is 0.366. The van der Waals surface area contributed by atoms with Crippen molar-refractivity contribution >= 4 is 5.78 Å². The maximum absolute atomic E-state index is 11.3. The van der Waals surface area contributed by atoms with Crippen LogP contribution in [0.5, 0.6) is 0 Å². The molecule has 2 aliphatic rings. The Morgan fingerprint density at radius 1 is 1.36 bits per heavy atom. The molecule has 2 heteroatoms. The lowest BCUT2D eigenvalue weighted by Crippen LogP contribution is -1.91. The lowest BCUT2D eigenvalue weighted by Gasteiger charge is -2.02. The molecular formula is C12H18O2. The topological polar surface area (TPSA) is 29.6 Å². The van der Waals surface area contributed by atoms with Crippen LogP contribution in [0, 0.1) is 0 Å². The first-order chi connectivity index (χ1) is 6.77. The highest BCUT2D eigenvalue weighted by molar-refractivity contribution is 5.98. The Labute approximate surface area is 85.3 Å². The quantitative estimate of drug-likeness (QED) is 0.497. The SMILES string of the molecule is CC1=C(CCCCC2CO2)CCC1=O. The molecule has 0 aromatic heterocycles. The van der Waals surface area contributed by atoms with Crippen LogP contribution in [0.4, 0.5) is 0 Å². The Morgan fingerprint density at radius 3 is 2.71 bits per heavy atom. The number of Topliss-reactive ketones (excluding diaryl/α,β-unsaturated/α-hetero) is 1. The van der Waals surface area contributed by atoms with Gasteiger partial charge in [-0.3, -0.25) is 4.79 Å². The van der Waals surface area contributed by atoms with Crippen LogP contribution < -0.4 is 0 Å². The van der Waals surface area contributed by atoms with Gasteiger partial charge in [-0.15, -0.1) is 0 Å². The second kappa shape index (κ2) is 4.26. The molecule has 1 aliphatic carbocycles. The molecule has 0 amide bonds. The van der Waals surface area contributed by atoms with Gasteiger partial charge in [-0.2, -0.15) is 0 Å². The minimum Gasteiger partial charge on any atom is -0.373 e. The third kappa shape index (κ3) is 2.44. The molecule has 0 spiro atoms. The van der Waals surface area contributed by atoms with Gasteiger partial charge in [0, 0.05) is 6.42 Å². The number of epoxide rings is 1. The number of hydrogen-bond acceptors (Lipinski definition) is 2. The van der Waals surface area contributed by atoms with Gasteiger partial charge in [0.1, 0.15) is 0 Å². The van der Waals surface area contributed by atoms with Gasteiger partial charge in [0.25, 0.3) is 0 Å². The van der Waals surface area contributed by atoms with E-state index < -0.39 is 0 Å². The average molecular weight is 194 g/mol. The summed E-state index contributed by atoms with van der Waals surface area (Å²) in [5.74, 6) is 0.366. The summed E-state index contributed by atoms with van der Waals surface area (Å²) in [5.41, 5.74) is 2.46. The first-order valence-corrected chi connectivity index (χ1v) is 5.61. The maximum atomic E-state index is 11.3. The van der Waals surface area contributed by atoms with E-state index in [1.165, 1.54) is 24.8 Å². The van der Waals surface area contributed by atoms with E-state index in [-0.39, 0.29) is 0 Å². The number of carbonyl (C=O) groups excluding carboxylic acids is 1. The molecule has 1 saturated heterocycles. The Morgan fingerprint density at radius 2 is 2.14 bits per heavy atom. The summed E-state index contributed by atoms with van der Waals surface area (Å²) in [6, 6.07) is 0. The molecule has 1 atom stereocenters. The van der Waals surface area contributed by atoms with Gasteiger partial charge in [-0.05, 0) is 38.2 Å². The van der Waals surface area contributed by atoms with Gasteiger partial charge in [0.05, 0.1) is 12.7 Å². The van der Waals surface area contributed by atoms with Crippen molar-refractivity contribution in [1.29, 1.82) is 0 Å². The zero-order valence-electron chi connectivity index (χ0n) is 8.84. The molecule has 1 heterocycles. The van der Waals surface area contributed by atoms with Crippen LogP contribution >= 0.6 is 0 Å². The van der Waals surface area contributed by atoms with Gasteiger partial charge < -0.3 is 4.74 Å². The number of rotatable bonds is 5. The molecule has 0 N–H and O–H groups in total. The molecule has 2 rings (SSSR count). The van der Waals surface area contributed by atoms with Gasteiger partial charge in [0.15, 0.2) is 5.78 Å². The van der Waals surface area contributed by atoms with Crippen molar-refractivity contribution in [3.63, 3.8) is 0 Å². The molecule has 0 aromatic rings. The highest BCUT2D eigenvalue weighted by Gasteiger charge is 2.22. The predicted octanol–water partition coefficient (Wildman–Crippen LogP) is 2.63. The fourth-order valence-corrected chi connectivity index (χ4v) is 2.09. The van der Waals surface area contributed by atoms with Gasteiger partial charge in [-0.25, -0.2) is 0 Å². The Hall–Kier alpha value is -0.630. The van der Waals surface area contributed by atoms with E-state index in [9.17, 15) is 4.79 Å². The fourth-order valence-electron chi connectivity index (χ4n) is 2.09. The smallest absolute Gasteiger partial charge is 0.158 e. The number of carbonyl (C=O) groups is 1. The van der Waals surface area contributed by atoms with E-state index in [0.29, 0.717) is 11.9 Å². The summed E-state index contributed by atoms with van der Waals surface area (Å²) in [7, 11) is 0. The van der Waals surface area contributed by atoms with Crippen molar-refractivity contribution in [3.05, 3.63) is 11.1 Å². The summed E-state index contributed by atoms with van der Waals surface area (Å²) >= 11 is 0. The summed E-state index contributed by atoms with van der Waals surface area (Å²) in [5, 5.41) is 0. The summed E-state index contributed by atoms with van der Waals surface area (Å²) < 4.78 is 5.15. The molecule has 0 saturated carbocycles. The third-order valence-corrected chi connectivity index (χ3v) is 3.26. The number of unbranched alkanes of at least 4 members (excludes halogenated alkanes) is 1. The van der Waals surface area contributed by atoms with Crippen molar-refractivity contribution in [1.82, 2.24) is 0 Å². The van der Waals surface area contributed by atoms with Crippen molar-refractivity contribution in [2.45, 2.75) is 51.6 Å². The fraction of sp³-hybridized carbons (Fsp3) is 0.750. The molecule has 0 radical (unpaired) electrons. The summed E-state index contributed by atoms with van der Waals surface area (Å²) in [6.07, 6.45) is 7.15. The average Bonchev–Trinajstić information content (AvgIpc) is 2.94. The van der Waals surface area contributed by atoms with Crippen LogP contribution in [0.15, 0.2) is 11.1 Å². The number of ketones is 1. The van der Waals surface area contributed by atoms with Crippen molar-refractivity contribution in [3.8, 4) is 0 Å². The Balaban J connectivity index is 1.66. The molecule has 14 heavy (non-hydrogen) atoms. The Kier molecular flexibility index (Phi) is 3.02. The molecule has 2 nitrogen and oxygen atoms in total. The van der Waals surface area contributed by atoms with Crippen LogP contribution in [0.2, 0.25) is 0 Å². The second-order valence-corrected chi connectivity index (χ2v) is 4.35. The van der Waals surface area contributed by atoms with E-state index in [2.05, 4.69) is 0 Å². The zero-order chi connectivity index (χ0) is 9.97. The van der Waals surface area contributed by atoms with Crippen molar-refractivity contribution in [2.75, 3.05) is 6.61 Å². The largest absolute Gasteiger partial charge is 0.373 e. The van der Waals surface area contributed by atoms with Gasteiger partial charge >= 0.3 is 0 Å². The molecule has 0 bridgehead atoms. The zero-order valence-corrected chi connectivity index (χ0v) is 8.84. The van der Waals surface area contributed by atoms with E-state index in [4.69, 9.17) is 4.74 Å². The maximum Gasteiger partial charge on any atom is 0.158 e. The standard InChI is InChI=1S/C12H18O2/c1-9-10(6-7-12(9)13)4-2-3-5-11-8-14-11/h11H,2-8H2,1H3. The number of ether oxygens (including phenoxy) is 1. The predicted molar refractivity (Wildman–Crippen MR) is 55.1 cm³/mol. The summed E-state index contributed by atoms with van der Waals surface area (Å²) in [4.78, 5) is 11.3. The lowest BCUT2D eigenvalue weighted by atomic mass is 10.0. The van der Waals surface area contributed by atoms with Crippen molar-refractivity contribution in [2.24, 2.45) is 0 Å². The minimum absolute atomic E-state index is 0.366. The van der Waals surface area contributed by atoms with Crippen LogP contribution in [-0.2, 0) is 9.53 Å². The van der Waals surface area contributed by atoms with Crippen LogP contribution in [0.3, 0.4) is 0 Å². The van der Waals surface area contributed by atoms with E-state index in [1.807, 2.05) is 6.92 Å². The second-order valence-electron chi connectivity index (χ2n) is 4.35.